The SMILES string of the molecule is Cc1ccc(OCC(=O)NCC(C)(O)c2cccs2)cc1C. The second kappa shape index (κ2) is 6.94. The molecule has 1 unspecified atom stereocenters. The zero-order chi connectivity index (χ0) is 16.2. The van der Waals surface area contributed by atoms with Crippen LogP contribution in [0.4, 0.5) is 0 Å². The molecule has 0 aliphatic carbocycles. The summed E-state index contributed by atoms with van der Waals surface area (Å²) in [5, 5.41) is 14.9. The van der Waals surface area contributed by atoms with Crippen LogP contribution in [0.2, 0.25) is 0 Å². The molecular formula is C17H21NO3S. The molecule has 118 valence electrons. The molecule has 22 heavy (non-hydrogen) atoms. The van der Waals surface area contributed by atoms with Gasteiger partial charge in [0, 0.05) is 4.88 Å². The van der Waals surface area contributed by atoms with Gasteiger partial charge in [0.1, 0.15) is 11.4 Å². The number of ether oxygens (including phenoxy) is 1. The minimum atomic E-state index is -1.07. The van der Waals surface area contributed by atoms with E-state index in [1.54, 1.807) is 6.92 Å². The van der Waals surface area contributed by atoms with Crippen LogP contribution in [-0.2, 0) is 10.4 Å². The molecule has 1 heterocycles. The quantitative estimate of drug-likeness (QED) is 0.861. The topological polar surface area (TPSA) is 58.6 Å². The second-order valence-electron chi connectivity index (χ2n) is 5.56. The van der Waals surface area contributed by atoms with Crippen LogP contribution in [0.5, 0.6) is 5.75 Å². The summed E-state index contributed by atoms with van der Waals surface area (Å²) in [5.41, 5.74) is 1.24. The van der Waals surface area contributed by atoms with Crippen LogP contribution in [0.15, 0.2) is 35.7 Å². The maximum absolute atomic E-state index is 11.8. The molecule has 0 bridgehead atoms. The van der Waals surface area contributed by atoms with Gasteiger partial charge in [-0.3, -0.25) is 4.79 Å². The number of benzene rings is 1. The van der Waals surface area contributed by atoms with E-state index in [0.717, 1.165) is 10.4 Å². The lowest BCUT2D eigenvalue weighted by molar-refractivity contribution is -0.124. The van der Waals surface area contributed by atoms with E-state index in [-0.39, 0.29) is 19.1 Å². The summed E-state index contributed by atoms with van der Waals surface area (Å²) >= 11 is 1.46. The number of hydrogen-bond acceptors (Lipinski definition) is 4. The molecule has 0 spiro atoms. The molecule has 1 amide bonds. The van der Waals surface area contributed by atoms with Crippen molar-refractivity contribution in [2.75, 3.05) is 13.2 Å². The van der Waals surface area contributed by atoms with Gasteiger partial charge in [0.2, 0.25) is 0 Å². The fourth-order valence-electron chi connectivity index (χ4n) is 1.95. The summed E-state index contributed by atoms with van der Waals surface area (Å²) in [6, 6.07) is 9.44. The summed E-state index contributed by atoms with van der Waals surface area (Å²) in [6.45, 7) is 5.80. The first-order valence-electron chi connectivity index (χ1n) is 7.11. The van der Waals surface area contributed by atoms with E-state index in [1.807, 2.05) is 49.6 Å². The zero-order valence-electron chi connectivity index (χ0n) is 13.1. The van der Waals surface area contributed by atoms with Crippen LogP contribution in [0.3, 0.4) is 0 Å². The number of carbonyl (C=O) groups is 1. The van der Waals surface area contributed by atoms with Crippen molar-refractivity contribution in [1.82, 2.24) is 5.32 Å². The maximum Gasteiger partial charge on any atom is 0.258 e. The molecule has 0 fully saturated rings. The summed E-state index contributed by atoms with van der Waals surface area (Å²) in [7, 11) is 0. The van der Waals surface area contributed by atoms with Gasteiger partial charge in [-0.25, -0.2) is 0 Å². The molecule has 2 rings (SSSR count). The van der Waals surface area contributed by atoms with Crippen LogP contribution in [-0.4, -0.2) is 24.2 Å². The third kappa shape index (κ3) is 4.32. The Morgan fingerprint density at radius 3 is 2.73 bits per heavy atom. The molecule has 0 saturated heterocycles. The molecule has 2 N–H and O–H groups in total. The van der Waals surface area contributed by atoms with Crippen LogP contribution >= 0.6 is 11.3 Å². The van der Waals surface area contributed by atoms with E-state index in [0.29, 0.717) is 5.75 Å². The standard InChI is InChI=1S/C17H21NO3S/c1-12-6-7-14(9-13(12)2)21-10-16(19)18-11-17(3,20)15-5-4-8-22-15/h4-9,20H,10-11H2,1-3H3,(H,18,19). The van der Waals surface area contributed by atoms with Crippen LogP contribution < -0.4 is 10.1 Å². The van der Waals surface area contributed by atoms with Crippen LogP contribution in [0.25, 0.3) is 0 Å². The van der Waals surface area contributed by atoms with Crippen molar-refractivity contribution in [3.05, 3.63) is 51.7 Å². The van der Waals surface area contributed by atoms with Gasteiger partial charge in [-0.1, -0.05) is 12.1 Å². The smallest absolute Gasteiger partial charge is 0.258 e. The third-order valence-electron chi connectivity index (χ3n) is 3.53. The highest BCUT2D eigenvalue weighted by atomic mass is 32.1. The van der Waals surface area contributed by atoms with E-state index in [2.05, 4.69) is 5.32 Å². The van der Waals surface area contributed by atoms with Crippen molar-refractivity contribution in [3.63, 3.8) is 0 Å². The predicted molar refractivity (Wildman–Crippen MR) is 88.3 cm³/mol. The highest BCUT2D eigenvalue weighted by molar-refractivity contribution is 7.10. The van der Waals surface area contributed by atoms with Gasteiger partial charge in [-0.05, 0) is 55.5 Å². The molecule has 0 aliphatic rings. The van der Waals surface area contributed by atoms with Gasteiger partial charge in [0.25, 0.3) is 5.91 Å². The largest absolute Gasteiger partial charge is 0.484 e. The van der Waals surface area contributed by atoms with Crippen LogP contribution in [0, 0.1) is 13.8 Å². The fraction of sp³-hybridized carbons (Fsp3) is 0.353. The average Bonchev–Trinajstić information content (AvgIpc) is 3.01. The Morgan fingerprint density at radius 2 is 2.09 bits per heavy atom. The first-order valence-corrected chi connectivity index (χ1v) is 7.99. The monoisotopic (exact) mass is 319 g/mol. The first-order chi connectivity index (χ1) is 10.4. The van der Waals surface area contributed by atoms with E-state index in [4.69, 9.17) is 4.74 Å². The summed E-state index contributed by atoms with van der Waals surface area (Å²) in [5.74, 6) is 0.415. The lowest BCUT2D eigenvalue weighted by Crippen LogP contribution is -2.40. The van der Waals surface area contributed by atoms with Crippen molar-refractivity contribution in [1.29, 1.82) is 0 Å². The average molecular weight is 319 g/mol. The van der Waals surface area contributed by atoms with E-state index in [9.17, 15) is 9.90 Å². The molecule has 1 aromatic heterocycles. The van der Waals surface area contributed by atoms with E-state index >= 15 is 0 Å². The fourth-order valence-corrected chi connectivity index (χ4v) is 2.73. The number of nitrogens with one attached hydrogen (secondary N) is 1. The second-order valence-corrected chi connectivity index (χ2v) is 6.51. The van der Waals surface area contributed by atoms with E-state index < -0.39 is 5.60 Å². The van der Waals surface area contributed by atoms with Crippen molar-refractivity contribution >= 4 is 17.2 Å². The molecule has 0 radical (unpaired) electrons. The van der Waals surface area contributed by atoms with Gasteiger partial charge in [0.15, 0.2) is 6.61 Å². The minimum Gasteiger partial charge on any atom is -0.484 e. The summed E-state index contributed by atoms with van der Waals surface area (Å²) < 4.78 is 5.47. The Morgan fingerprint density at radius 1 is 1.32 bits per heavy atom. The maximum atomic E-state index is 11.8. The Balaban J connectivity index is 1.82. The van der Waals surface area contributed by atoms with Gasteiger partial charge in [-0.15, -0.1) is 11.3 Å². The van der Waals surface area contributed by atoms with Gasteiger partial charge in [-0.2, -0.15) is 0 Å². The highest BCUT2D eigenvalue weighted by Gasteiger charge is 2.24. The Kier molecular flexibility index (Phi) is 5.21. The number of aryl methyl sites for hydroxylation is 2. The van der Waals surface area contributed by atoms with Crippen molar-refractivity contribution in [2.45, 2.75) is 26.4 Å². The normalized spacial score (nSPS) is 13.5. The number of thiophene rings is 1. The highest BCUT2D eigenvalue weighted by Crippen LogP contribution is 2.24. The molecule has 4 nitrogen and oxygen atoms in total. The van der Waals surface area contributed by atoms with Crippen molar-refractivity contribution in [2.24, 2.45) is 0 Å². The van der Waals surface area contributed by atoms with Crippen LogP contribution in [0.1, 0.15) is 22.9 Å². The van der Waals surface area contributed by atoms with Crippen molar-refractivity contribution in [3.8, 4) is 5.75 Å². The number of carbonyl (C=O) groups excluding carboxylic acids is 1. The lowest BCUT2D eigenvalue weighted by atomic mass is 10.1. The van der Waals surface area contributed by atoms with Gasteiger partial charge < -0.3 is 15.2 Å². The van der Waals surface area contributed by atoms with Crippen molar-refractivity contribution < 1.29 is 14.6 Å². The summed E-state index contributed by atoms with van der Waals surface area (Å²) in [6.07, 6.45) is 0. The molecule has 1 aromatic carbocycles. The van der Waals surface area contributed by atoms with Gasteiger partial charge in [0.05, 0.1) is 6.54 Å². The molecule has 0 saturated carbocycles. The minimum absolute atomic E-state index is 0.0664. The molecular weight excluding hydrogens is 298 g/mol. The first kappa shape index (κ1) is 16.5. The molecule has 5 heteroatoms. The van der Waals surface area contributed by atoms with Gasteiger partial charge >= 0.3 is 0 Å². The third-order valence-corrected chi connectivity index (χ3v) is 4.65. The zero-order valence-corrected chi connectivity index (χ0v) is 13.9. The van der Waals surface area contributed by atoms with E-state index in [1.165, 1.54) is 16.9 Å². The predicted octanol–water partition coefficient (Wildman–Crippen LogP) is 2.77. The Hall–Kier alpha value is -1.85. The lowest BCUT2D eigenvalue weighted by Gasteiger charge is -2.22. The Labute approximate surface area is 134 Å². The number of aliphatic hydroxyl groups is 1. The summed E-state index contributed by atoms with van der Waals surface area (Å²) in [4.78, 5) is 12.7. The molecule has 0 aliphatic heterocycles. The number of hydrogen-bond donors (Lipinski definition) is 2. The molecule has 1 atom stereocenters. The Bertz CT molecular complexity index is 635. The number of amides is 1. The molecule has 2 aromatic rings. The number of rotatable bonds is 6.